The van der Waals surface area contributed by atoms with Gasteiger partial charge in [-0.15, -0.1) is 24.0 Å². The molecule has 0 radical (unpaired) electrons. The normalized spacial score (nSPS) is 20.0. The first kappa shape index (κ1) is 27.5. The summed E-state index contributed by atoms with van der Waals surface area (Å²) in [5, 5.41) is 6.60. The number of hydrogen-bond acceptors (Lipinski definition) is 4. The van der Waals surface area contributed by atoms with Crippen molar-refractivity contribution < 1.29 is 18.3 Å². The van der Waals surface area contributed by atoms with Gasteiger partial charge in [0.1, 0.15) is 11.6 Å². The Bertz CT molecular complexity index is 705. The van der Waals surface area contributed by atoms with Crippen LogP contribution in [0.15, 0.2) is 23.2 Å². The molecule has 2 N–H and O–H groups in total. The van der Waals surface area contributed by atoms with Gasteiger partial charge in [-0.1, -0.05) is 6.07 Å². The van der Waals surface area contributed by atoms with E-state index in [1.165, 1.54) is 18.2 Å². The smallest absolute Gasteiger partial charge is 0.308 e. The van der Waals surface area contributed by atoms with Gasteiger partial charge in [-0.05, 0) is 65.8 Å². The number of carbonyl (C=O) groups excluding carboxylic acids is 1. The number of nitrogens with zero attached hydrogens (tertiary/aromatic N) is 2. The van der Waals surface area contributed by atoms with Crippen molar-refractivity contribution in [3.8, 4) is 0 Å². The van der Waals surface area contributed by atoms with Crippen molar-refractivity contribution in [3.05, 3.63) is 35.4 Å². The summed E-state index contributed by atoms with van der Waals surface area (Å²) in [7, 11) is 3.56. The highest BCUT2D eigenvalue weighted by Gasteiger charge is 2.28. The molecule has 0 heterocycles. The van der Waals surface area contributed by atoms with E-state index >= 15 is 0 Å². The second-order valence-corrected chi connectivity index (χ2v) is 7.78. The van der Waals surface area contributed by atoms with E-state index in [0.29, 0.717) is 19.1 Å². The van der Waals surface area contributed by atoms with Crippen LogP contribution in [-0.2, 0) is 9.53 Å². The van der Waals surface area contributed by atoms with Crippen LogP contribution in [0.5, 0.6) is 0 Å². The minimum absolute atomic E-state index is 0. The average molecular weight is 552 g/mol. The zero-order valence-corrected chi connectivity index (χ0v) is 21.1. The first-order chi connectivity index (χ1) is 14.4. The predicted molar refractivity (Wildman–Crippen MR) is 130 cm³/mol. The van der Waals surface area contributed by atoms with E-state index in [4.69, 9.17) is 4.74 Å². The first-order valence-electron chi connectivity index (χ1n) is 10.7. The second-order valence-electron chi connectivity index (χ2n) is 7.78. The van der Waals surface area contributed by atoms with Crippen molar-refractivity contribution in [1.29, 1.82) is 0 Å². The van der Waals surface area contributed by atoms with Crippen LogP contribution in [-0.4, -0.2) is 56.7 Å². The van der Waals surface area contributed by atoms with E-state index in [1.54, 1.807) is 19.0 Å². The molecule has 0 saturated heterocycles. The largest absolute Gasteiger partial charge is 0.466 e. The third kappa shape index (κ3) is 8.17. The van der Waals surface area contributed by atoms with Gasteiger partial charge < -0.3 is 20.3 Å². The summed E-state index contributed by atoms with van der Waals surface area (Å²) in [6, 6.07) is 3.56. The molecule has 1 atom stereocenters. The molecule has 0 spiro atoms. The molecule has 176 valence electrons. The molecule has 6 nitrogen and oxygen atoms in total. The lowest BCUT2D eigenvalue weighted by Gasteiger charge is -2.29. The highest BCUT2D eigenvalue weighted by Crippen LogP contribution is 2.26. The minimum atomic E-state index is -0.570. The number of carbonyl (C=O) groups is 1. The Kier molecular flexibility index (Phi) is 12.3. The average Bonchev–Trinajstić information content (AvgIpc) is 2.70. The number of hydrogen-bond donors (Lipinski definition) is 2. The molecule has 1 aliphatic rings. The maximum Gasteiger partial charge on any atom is 0.308 e. The van der Waals surface area contributed by atoms with E-state index in [9.17, 15) is 13.6 Å². The van der Waals surface area contributed by atoms with E-state index in [1.807, 2.05) is 13.8 Å². The highest BCUT2D eigenvalue weighted by atomic mass is 127. The van der Waals surface area contributed by atoms with Gasteiger partial charge in [-0.3, -0.25) is 9.79 Å². The molecule has 31 heavy (non-hydrogen) atoms. The van der Waals surface area contributed by atoms with Gasteiger partial charge in [-0.25, -0.2) is 8.78 Å². The van der Waals surface area contributed by atoms with Crippen molar-refractivity contribution in [2.75, 3.05) is 33.8 Å². The van der Waals surface area contributed by atoms with Gasteiger partial charge in [0.2, 0.25) is 0 Å². The third-order valence-electron chi connectivity index (χ3n) is 5.41. The van der Waals surface area contributed by atoms with Gasteiger partial charge in [0.05, 0.1) is 25.1 Å². The molecule has 0 aromatic heterocycles. The number of guanidine groups is 1. The first-order valence-corrected chi connectivity index (χ1v) is 10.7. The van der Waals surface area contributed by atoms with Gasteiger partial charge in [0, 0.05) is 18.2 Å². The lowest BCUT2D eigenvalue weighted by atomic mass is 9.86. The Morgan fingerprint density at radius 1 is 1.19 bits per heavy atom. The molecule has 1 aromatic rings. The summed E-state index contributed by atoms with van der Waals surface area (Å²) in [6.45, 7) is 5.07. The summed E-state index contributed by atoms with van der Waals surface area (Å²) in [4.78, 5) is 18.3. The fourth-order valence-electron chi connectivity index (χ4n) is 3.77. The molecule has 2 rings (SSSR count). The predicted octanol–water partition coefficient (Wildman–Crippen LogP) is 3.86. The Hall–Kier alpha value is -1.49. The van der Waals surface area contributed by atoms with Gasteiger partial charge >= 0.3 is 5.97 Å². The fourth-order valence-corrected chi connectivity index (χ4v) is 3.77. The SMILES string of the molecule is CCNC(=NCC(c1c(F)cccc1F)N(C)C)NC1CCC(C(=O)OCC)CC1.I. The van der Waals surface area contributed by atoms with E-state index in [-0.39, 0.29) is 54.0 Å². The number of benzene rings is 1. The van der Waals surface area contributed by atoms with Crippen LogP contribution >= 0.6 is 24.0 Å². The van der Waals surface area contributed by atoms with Crippen LogP contribution in [0.2, 0.25) is 0 Å². The fraction of sp³-hybridized carbons (Fsp3) is 0.636. The summed E-state index contributed by atoms with van der Waals surface area (Å²) in [5.41, 5.74) is 0.0250. The zero-order chi connectivity index (χ0) is 22.1. The summed E-state index contributed by atoms with van der Waals surface area (Å²) in [5.74, 6) is -0.680. The zero-order valence-electron chi connectivity index (χ0n) is 18.8. The number of rotatable bonds is 8. The lowest BCUT2D eigenvalue weighted by Crippen LogP contribution is -2.45. The maximum absolute atomic E-state index is 14.3. The van der Waals surface area contributed by atoms with Crippen LogP contribution in [0.4, 0.5) is 8.78 Å². The molecule has 1 aromatic carbocycles. The Labute approximate surface area is 201 Å². The molecular weight excluding hydrogens is 517 g/mol. The standard InChI is InChI=1S/C22H34F2N4O2.HI/c1-5-25-22(27-16-12-10-15(11-13-16)21(29)30-6-2)26-14-19(28(3)4)20-17(23)8-7-9-18(20)24;/h7-9,15-16,19H,5-6,10-14H2,1-4H3,(H2,25,26,27);1H. The number of nitrogens with one attached hydrogen (secondary N) is 2. The topological polar surface area (TPSA) is 66.0 Å². The quantitative estimate of drug-likeness (QED) is 0.222. The number of esters is 1. The Morgan fingerprint density at radius 3 is 2.32 bits per heavy atom. The highest BCUT2D eigenvalue weighted by molar-refractivity contribution is 14.0. The van der Waals surface area contributed by atoms with Crippen LogP contribution < -0.4 is 10.6 Å². The van der Waals surface area contributed by atoms with Crippen molar-refractivity contribution in [2.24, 2.45) is 10.9 Å². The van der Waals surface area contributed by atoms with Gasteiger partial charge in [-0.2, -0.15) is 0 Å². The number of aliphatic imine (C=N–C) groups is 1. The van der Waals surface area contributed by atoms with Crippen LogP contribution in [0.1, 0.15) is 51.1 Å². The summed E-state index contributed by atoms with van der Waals surface area (Å²) >= 11 is 0. The molecule has 9 heteroatoms. The molecular formula is C22H35F2IN4O2. The summed E-state index contributed by atoms with van der Waals surface area (Å²) in [6.07, 6.45) is 3.23. The molecule has 1 fully saturated rings. The van der Waals surface area contributed by atoms with E-state index < -0.39 is 17.7 Å². The number of ether oxygens (including phenoxy) is 1. The van der Waals surface area contributed by atoms with Crippen LogP contribution in [0, 0.1) is 17.6 Å². The molecule has 1 unspecified atom stereocenters. The Morgan fingerprint density at radius 2 is 1.81 bits per heavy atom. The van der Waals surface area contributed by atoms with Crippen LogP contribution in [0.25, 0.3) is 0 Å². The monoisotopic (exact) mass is 552 g/mol. The minimum Gasteiger partial charge on any atom is -0.466 e. The molecule has 1 saturated carbocycles. The lowest BCUT2D eigenvalue weighted by molar-refractivity contribution is -0.149. The maximum atomic E-state index is 14.3. The van der Waals surface area contributed by atoms with Crippen molar-refractivity contribution in [1.82, 2.24) is 15.5 Å². The van der Waals surface area contributed by atoms with Gasteiger partial charge in [0.25, 0.3) is 0 Å². The second kappa shape index (κ2) is 13.8. The van der Waals surface area contributed by atoms with Crippen LogP contribution in [0.3, 0.4) is 0 Å². The molecule has 0 amide bonds. The van der Waals surface area contributed by atoms with E-state index in [2.05, 4.69) is 15.6 Å². The number of likely N-dealkylation sites (N-methyl/N-ethyl adjacent to an activating group) is 1. The van der Waals surface area contributed by atoms with Crippen molar-refractivity contribution >= 4 is 35.9 Å². The molecule has 1 aliphatic carbocycles. The summed E-state index contributed by atoms with van der Waals surface area (Å²) < 4.78 is 33.7. The Balaban J connectivity index is 0.00000480. The van der Waals surface area contributed by atoms with E-state index in [0.717, 1.165) is 25.7 Å². The molecule has 0 aliphatic heterocycles. The third-order valence-corrected chi connectivity index (χ3v) is 5.41. The van der Waals surface area contributed by atoms with Gasteiger partial charge in [0.15, 0.2) is 5.96 Å². The van der Waals surface area contributed by atoms with Crippen molar-refractivity contribution in [3.63, 3.8) is 0 Å². The molecule has 0 bridgehead atoms. The van der Waals surface area contributed by atoms with Crippen molar-refractivity contribution in [2.45, 2.75) is 51.6 Å². The number of halogens is 3.